The predicted molar refractivity (Wildman–Crippen MR) is 72.8 cm³/mol. The monoisotopic (exact) mass is 343 g/mol. The molecule has 138 valence electrons. The highest BCUT2D eigenvalue weighted by Gasteiger charge is 2.43. The second-order valence-corrected chi connectivity index (χ2v) is 5.42. The average Bonchev–Trinajstić information content (AvgIpc) is 2.56. The molecule has 1 aliphatic heterocycles. The van der Waals surface area contributed by atoms with Crippen molar-refractivity contribution in [1.29, 1.82) is 0 Å². The molecule has 1 rings (SSSR count). The highest BCUT2D eigenvalue weighted by atomic mass is 16.7. The fourth-order valence-corrected chi connectivity index (χ4v) is 2.11. The van der Waals surface area contributed by atoms with Gasteiger partial charge >= 0.3 is 0 Å². The Labute approximate surface area is 132 Å². The second-order valence-electron chi connectivity index (χ2n) is 5.42. The van der Waals surface area contributed by atoms with Crippen molar-refractivity contribution in [2.45, 2.75) is 55.1 Å². The molecule has 0 aromatic carbocycles. The van der Waals surface area contributed by atoms with Gasteiger partial charge in [0.05, 0.1) is 25.9 Å². The van der Waals surface area contributed by atoms with Crippen molar-refractivity contribution in [3.05, 3.63) is 0 Å². The first-order chi connectivity index (χ1) is 10.7. The molecule has 0 saturated carbocycles. The largest absolute Gasteiger partial charge is 0.394 e. The fourth-order valence-electron chi connectivity index (χ4n) is 2.11. The van der Waals surface area contributed by atoms with Gasteiger partial charge < -0.3 is 56.1 Å². The fraction of sp³-hybridized carbons (Fsp3) is 1.00. The molecule has 0 radical (unpaired) electrons. The smallest absolute Gasteiger partial charge is 0.175 e. The first kappa shape index (κ1) is 20.6. The summed E-state index contributed by atoms with van der Waals surface area (Å²) >= 11 is 0. The number of rotatable bonds is 8. The van der Waals surface area contributed by atoms with Gasteiger partial charge in [0.25, 0.3) is 0 Å². The molecule has 1 aliphatic rings. The van der Waals surface area contributed by atoms with Crippen LogP contribution in [0.1, 0.15) is 0 Å². The van der Waals surface area contributed by atoms with E-state index >= 15 is 0 Å². The third kappa shape index (κ3) is 5.01. The molecule has 1 saturated heterocycles. The molecule has 0 unspecified atom stereocenters. The molecule has 11 nitrogen and oxygen atoms in total. The van der Waals surface area contributed by atoms with Gasteiger partial charge in [0, 0.05) is 0 Å². The number of nitrogens with two attached hydrogens (primary N) is 1. The van der Waals surface area contributed by atoms with E-state index in [-0.39, 0.29) is 0 Å². The SMILES string of the molecule is N[C@H]1[C@@H](OC[C@@H](O)[C@@H](O)[C@H](O)[C@@H](O)CO)O[C@H](CO)[C@@H](O)[C@@H]1O. The van der Waals surface area contributed by atoms with Crippen LogP contribution in [0.4, 0.5) is 0 Å². The lowest BCUT2D eigenvalue weighted by molar-refractivity contribution is -0.273. The van der Waals surface area contributed by atoms with Crippen LogP contribution < -0.4 is 5.73 Å². The van der Waals surface area contributed by atoms with E-state index in [1.54, 1.807) is 0 Å². The van der Waals surface area contributed by atoms with Crippen LogP contribution >= 0.6 is 0 Å². The molecule has 10 N–H and O–H groups in total. The normalized spacial score (nSPS) is 37.2. The zero-order valence-corrected chi connectivity index (χ0v) is 12.3. The molecule has 9 atom stereocenters. The lowest BCUT2D eigenvalue weighted by atomic mass is 9.98. The maximum Gasteiger partial charge on any atom is 0.175 e. The summed E-state index contributed by atoms with van der Waals surface area (Å²) in [5.74, 6) is 0. The van der Waals surface area contributed by atoms with Gasteiger partial charge in [-0.3, -0.25) is 0 Å². The van der Waals surface area contributed by atoms with Crippen molar-refractivity contribution >= 4 is 0 Å². The Morgan fingerprint density at radius 3 is 2.04 bits per heavy atom. The van der Waals surface area contributed by atoms with Crippen LogP contribution in [0.5, 0.6) is 0 Å². The summed E-state index contributed by atoms with van der Waals surface area (Å²) < 4.78 is 10.2. The molecule has 0 bridgehead atoms. The van der Waals surface area contributed by atoms with Crippen molar-refractivity contribution in [2.75, 3.05) is 19.8 Å². The third-order valence-electron chi connectivity index (χ3n) is 3.68. The van der Waals surface area contributed by atoms with Gasteiger partial charge in [-0.25, -0.2) is 0 Å². The van der Waals surface area contributed by atoms with Crippen molar-refractivity contribution in [2.24, 2.45) is 5.73 Å². The Morgan fingerprint density at radius 2 is 1.52 bits per heavy atom. The molecule has 0 amide bonds. The molecule has 11 heteroatoms. The quantitative estimate of drug-likeness (QED) is 0.203. The molecule has 1 fully saturated rings. The molecular formula is C12H25NO10. The second kappa shape index (κ2) is 9.15. The van der Waals surface area contributed by atoms with E-state index in [0.29, 0.717) is 0 Å². The summed E-state index contributed by atoms with van der Waals surface area (Å²) in [6, 6.07) is -1.18. The van der Waals surface area contributed by atoms with Crippen LogP contribution in [0.25, 0.3) is 0 Å². The van der Waals surface area contributed by atoms with Gasteiger partial charge in [-0.15, -0.1) is 0 Å². The summed E-state index contributed by atoms with van der Waals surface area (Å²) in [6.45, 7) is -2.00. The van der Waals surface area contributed by atoms with E-state index < -0.39 is 74.9 Å². The summed E-state index contributed by atoms with van der Waals surface area (Å²) in [5.41, 5.74) is 5.61. The third-order valence-corrected chi connectivity index (χ3v) is 3.68. The minimum absolute atomic E-state index is 0.588. The Kier molecular flexibility index (Phi) is 8.20. The number of hydrogen-bond donors (Lipinski definition) is 9. The van der Waals surface area contributed by atoms with Crippen LogP contribution in [0.15, 0.2) is 0 Å². The van der Waals surface area contributed by atoms with Gasteiger partial charge in [0.1, 0.15) is 42.7 Å². The lowest BCUT2D eigenvalue weighted by Crippen LogP contribution is -2.63. The van der Waals surface area contributed by atoms with Crippen molar-refractivity contribution in [3.63, 3.8) is 0 Å². The van der Waals surface area contributed by atoms with E-state index in [2.05, 4.69) is 0 Å². The molecule has 0 aromatic rings. The zero-order valence-electron chi connectivity index (χ0n) is 12.3. The van der Waals surface area contributed by atoms with Crippen molar-refractivity contribution in [1.82, 2.24) is 0 Å². The number of ether oxygens (including phenoxy) is 2. The summed E-state index contributed by atoms with van der Waals surface area (Å²) in [5, 5.41) is 75.0. The lowest BCUT2D eigenvalue weighted by Gasteiger charge is -2.40. The van der Waals surface area contributed by atoms with Gasteiger partial charge in [0.15, 0.2) is 6.29 Å². The number of aliphatic hydroxyl groups is 8. The maximum absolute atomic E-state index is 9.73. The molecule has 23 heavy (non-hydrogen) atoms. The van der Waals surface area contributed by atoms with E-state index in [1.165, 1.54) is 0 Å². The highest BCUT2D eigenvalue weighted by molar-refractivity contribution is 4.91. The van der Waals surface area contributed by atoms with Gasteiger partial charge in [-0.05, 0) is 0 Å². The standard InChI is InChI=1S/C12H25NO10/c13-7-11(21)10(20)6(2-15)23-12(7)22-3-5(17)9(19)8(18)4(16)1-14/h4-12,14-21H,1-3,13H2/t4-,5+,6+,7+,8+,9+,10+,11+,12-/m0/s1. The van der Waals surface area contributed by atoms with E-state index in [4.69, 9.17) is 25.4 Å². The van der Waals surface area contributed by atoms with Gasteiger partial charge in [-0.2, -0.15) is 0 Å². The molecule has 1 heterocycles. The first-order valence-corrected chi connectivity index (χ1v) is 7.07. The topological polar surface area (TPSA) is 206 Å². The predicted octanol–water partition coefficient (Wildman–Crippen LogP) is -5.79. The summed E-state index contributed by atoms with van der Waals surface area (Å²) in [4.78, 5) is 0. The maximum atomic E-state index is 9.73. The van der Waals surface area contributed by atoms with Gasteiger partial charge in [0.2, 0.25) is 0 Å². The first-order valence-electron chi connectivity index (χ1n) is 7.07. The summed E-state index contributed by atoms with van der Waals surface area (Å²) in [7, 11) is 0. The summed E-state index contributed by atoms with van der Waals surface area (Å²) in [6.07, 6.45) is -12.2. The molecular weight excluding hydrogens is 318 g/mol. The van der Waals surface area contributed by atoms with Crippen LogP contribution in [-0.4, -0.2) is 116 Å². The highest BCUT2D eigenvalue weighted by Crippen LogP contribution is 2.21. The molecule has 0 aromatic heterocycles. The Morgan fingerprint density at radius 1 is 0.957 bits per heavy atom. The molecule has 0 spiro atoms. The van der Waals surface area contributed by atoms with Gasteiger partial charge in [-0.1, -0.05) is 0 Å². The zero-order chi connectivity index (χ0) is 17.7. The minimum Gasteiger partial charge on any atom is -0.394 e. The van der Waals surface area contributed by atoms with Crippen molar-refractivity contribution in [3.8, 4) is 0 Å². The Bertz CT molecular complexity index is 346. The molecule has 0 aliphatic carbocycles. The van der Waals surface area contributed by atoms with E-state index in [1.807, 2.05) is 0 Å². The minimum atomic E-state index is -1.82. The number of aliphatic hydroxyl groups excluding tert-OH is 8. The van der Waals surface area contributed by atoms with E-state index in [0.717, 1.165) is 0 Å². The van der Waals surface area contributed by atoms with Crippen LogP contribution in [-0.2, 0) is 9.47 Å². The van der Waals surface area contributed by atoms with Crippen LogP contribution in [0, 0.1) is 0 Å². The van der Waals surface area contributed by atoms with Crippen molar-refractivity contribution < 1.29 is 50.3 Å². The Balaban J connectivity index is 2.55. The Hall–Kier alpha value is -0.440. The number of hydrogen-bond acceptors (Lipinski definition) is 11. The van der Waals surface area contributed by atoms with E-state index in [9.17, 15) is 30.6 Å². The van der Waals surface area contributed by atoms with Crippen LogP contribution in [0.2, 0.25) is 0 Å². The average molecular weight is 343 g/mol. The van der Waals surface area contributed by atoms with Crippen LogP contribution in [0.3, 0.4) is 0 Å².